The molecule has 0 aliphatic rings. The molecule has 0 saturated heterocycles. The molecular formula is C7H9FO6S3. The molecule has 0 amide bonds. The number of hydrogen-bond donors (Lipinski definition) is 2. The fraction of sp³-hybridized carbons (Fsp3) is 0.429. The molecule has 1 aromatic rings. The minimum Gasteiger partial charge on any atom is -0.281 e. The van der Waals surface area contributed by atoms with Gasteiger partial charge in [-0.2, -0.15) is 16.8 Å². The smallest absolute Gasteiger partial charge is 0.281 e. The quantitative estimate of drug-likeness (QED) is 0.812. The molecule has 0 atom stereocenters. The van der Waals surface area contributed by atoms with Crippen LogP contribution in [0.3, 0.4) is 0 Å². The van der Waals surface area contributed by atoms with Gasteiger partial charge < -0.3 is 0 Å². The number of rotatable bonds is 4. The van der Waals surface area contributed by atoms with Crippen LogP contribution in [0.5, 0.6) is 0 Å². The molecule has 0 aliphatic carbocycles. The van der Waals surface area contributed by atoms with E-state index in [2.05, 4.69) is 0 Å². The van der Waals surface area contributed by atoms with Gasteiger partial charge in [0.1, 0.15) is 0 Å². The van der Waals surface area contributed by atoms with Crippen LogP contribution in [0.15, 0.2) is 8.42 Å². The topological polar surface area (TPSA) is 109 Å². The molecule has 2 N–H and O–H groups in total. The third kappa shape index (κ3) is 3.01. The lowest BCUT2D eigenvalue weighted by Gasteiger charge is -1.98. The van der Waals surface area contributed by atoms with Gasteiger partial charge in [-0.15, -0.1) is 11.3 Å². The van der Waals surface area contributed by atoms with E-state index in [9.17, 15) is 21.2 Å². The molecule has 0 saturated carbocycles. The zero-order valence-corrected chi connectivity index (χ0v) is 11.0. The van der Waals surface area contributed by atoms with E-state index >= 15 is 0 Å². The molecule has 1 aromatic heterocycles. The van der Waals surface area contributed by atoms with Crippen LogP contribution < -0.4 is 0 Å². The molecule has 17 heavy (non-hydrogen) atoms. The predicted molar refractivity (Wildman–Crippen MR) is 57.9 cm³/mol. The van der Waals surface area contributed by atoms with Gasteiger partial charge in [0.05, 0.1) is 0 Å². The van der Waals surface area contributed by atoms with Crippen LogP contribution in [0.25, 0.3) is 0 Å². The Morgan fingerprint density at radius 1 is 1.12 bits per heavy atom. The average Bonchev–Trinajstić information content (AvgIpc) is 2.43. The Morgan fingerprint density at radius 2 is 1.59 bits per heavy atom. The molecular weight excluding hydrogens is 295 g/mol. The Kier molecular flexibility index (Phi) is 3.94. The number of thiophene rings is 1. The van der Waals surface area contributed by atoms with E-state index < -0.39 is 40.0 Å². The van der Waals surface area contributed by atoms with Gasteiger partial charge in [-0.05, 0) is 6.42 Å². The van der Waals surface area contributed by atoms with Crippen molar-refractivity contribution in [3.63, 3.8) is 0 Å². The van der Waals surface area contributed by atoms with Gasteiger partial charge in [0.15, 0.2) is 14.2 Å². The molecule has 0 aliphatic heterocycles. The van der Waals surface area contributed by atoms with Crippen molar-refractivity contribution in [3.8, 4) is 0 Å². The standard InChI is InChI=1S/C7H9FO6S3/c1-2-3-4-5(8)7(17(12,13)14)15-6(4)16(9,10)11/h2-3H2,1H3,(H,9,10,11)(H,12,13,14). The van der Waals surface area contributed by atoms with Crippen LogP contribution in [-0.4, -0.2) is 25.9 Å². The maximum Gasteiger partial charge on any atom is 0.307 e. The Balaban J connectivity index is 3.63. The maximum atomic E-state index is 13.6. The van der Waals surface area contributed by atoms with Crippen molar-refractivity contribution in [2.24, 2.45) is 0 Å². The second kappa shape index (κ2) is 4.61. The number of hydrogen-bond acceptors (Lipinski definition) is 5. The summed E-state index contributed by atoms with van der Waals surface area (Å²) in [6.07, 6.45) is 0.286. The van der Waals surface area contributed by atoms with Crippen LogP contribution in [0.1, 0.15) is 18.9 Å². The lowest BCUT2D eigenvalue weighted by Crippen LogP contribution is -2.01. The van der Waals surface area contributed by atoms with E-state index in [4.69, 9.17) is 9.11 Å². The summed E-state index contributed by atoms with van der Waals surface area (Å²) >= 11 is -0.0110. The van der Waals surface area contributed by atoms with Crippen molar-refractivity contribution < 1.29 is 30.3 Å². The second-order valence-electron chi connectivity index (χ2n) is 3.17. The van der Waals surface area contributed by atoms with Crippen LogP contribution >= 0.6 is 11.3 Å². The van der Waals surface area contributed by atoms with E-state index in [1.807, 2.05) is 0 Å². The first-order valence-corrected chi connectivity index (χ1v) is 8.04. The minimum atomic E-state index is -4.85. The summed E-state index contributed by atoms with van der Waals surface area (Å²) in [4.78, 5) is 0. The molecule has 0 spiro atoms. The zero-order valence-electron chi connectivity index (χ0n) is 8.54. The van der Waals surface area contributed by atoms with E-state index in [1.165, 1.54) is 0 Å². The molecule has 10 heteroatoms. The van der Waals surface area contributed by atoms with Gasteiger partial charge in [0.2, 0.25) is 0 Å². The second-order valence-corrected chi connectivity index (χ2v) is 7.42. The summed E-state index contributed by atoms with van der Waals surface area (Å²) in [5, 5.41) is 0. The summed E-state index contributed by atoms with van der Waals surface area (Å²) in [5.74, 6) is -1.33. The first-order chi connectivity index (χ1) is 7.59. The Morgan fingerprint density at radius 3 is 1.94 bits per heavy atom. The first-order valence-electron chi connectivity index (χ1n) is 4.35. The normalized spacial score (nSPS) is 12.9. The lowest BCUT2D eigenvalue weighted by molar-refractivity contribution is 0.473. The van der Waals surface area contributed by atoms with Crippen molar-refractivity contribution >= 4 is 31.6 Å². The fourth-order valence-electron chi connectivity index (χ4n) is 1.24. The third-order valence-electron chi connectivity index (χ3n) is 1.84. The maximum absolute atomic E-state index is 13.6. The van der Waals surface area contributed by atoms with Gasteiger partial charge in [-0.25, -0.2) is 4.39 Å². The summed E-state index contributed by atoms with van der Waals surface area (Å²) in [6.45, 7) is 1.62. The van der Waals surface area contributed by atoms with E-state index in [1.54, 1.807) is 6.92 Å². The highest BCUT2D eigenvalue weighted by Gasteiger charge is 2.30. The molecule has 1 rings (SSSR count). The SMILES string of the molecule is CCCc1c(S(=O)(=O)O)sc(S(=O)(=O)O)c1F. The minimum absolute atomic E-state index is 0.0110. The van der Waals surface area contributed by atoms with Crippen molar-refractivity contribution in [2.45, 2.75) is 28.2 Å². The zero-order chi connectivity index (χ0) is 13.4. The van der Waals surface area contributed by atoms with Crippen molar-refractivity contribution in [2.75, 3.05) is 0 Å². The van der Waals surface area contributed by atoms with Crippen LogP contribution in [0, 0.1) is 5.82 Å². The Labute approximate surface area is 102 Å². The van der Waals surface area contributed by atoms with E-state index in [0.717, 1.165) is 0 Å². The highest BCUT2D eigenvalue weighted by atomic mass is 32.3. The van der Waals surface area contributed by atoms with Gasteiger partial charge >= 0.3 is 20.2 Å². The summed E-state index contributed by atoms with van der Waals surface area (Å²) < 4.78 is 72.7. The largest absolute Gasteiger partial charge is 0.307 e. The van der Waals surface area contributed by atoms with Crippen molar-refractivity contribution in [1.29, 1.82) is 0 Å². The van der Waals surface area contributed by atoms with Crippen molar-refractivity contribution in [1.82, 2.24) is 0 Å². The first kappa shape index (κ1) is 14.5. The van der Waals surface area contributed by atoms with Gasteiger partial charge in [0, 0.05) is 5.56 Å². The van der Waals surface area contributed by atoms with Gasteiger partial charge in [0.25, 0.3) is 0 Å². The van der Waals surface area contributed by atoms with E-state index in [0.29, 0.717) is 6.42 Å². The molecule has 98 valence electrons. The molecule has 0 unspecified atom stereocenters. The third-order valence-corrected chi connectivity index (χ3v) is 5.77. The Hall–Kier alpha value is -0.550. The summed E-state index contributed by atoms with van der Waals surface area (Å²) in [6, 6.07) is 0. The molecule has 0 bridgehead atoms. The molecule has 1 heterocycles. The van der Waals surface area contributed by atoms with Crippen LogP contribution in [0.2, 0.25) is 0 Å². The fourth-order valence-corrected chi connectivity index (χ4v) is 4.29. The molecule has 0 aromatic carbocycles. The molecule has 0 fully saturated rings. The number of halogens is 1. The van der Waals surface area contributed by atoms with Gasteiger partial charge in [-0.1, -0.05) is 13.3 Å². The lowest BCUT2D eigenvalue weighted by atomic mass is 10.2. The highest BCUT2D eigenvalue weighted by molar-refractivity contribution is 7.90. The highest BCUT2D eigenvalue weighted by Crippen LogP contribution is 2.34. The van der Waals surface area contributed by atoms with E-state index in [-0.39, 0.29) is 17.8 Å². The monoisotopic (exact) mass is 304 g/mol. The average molecular weight is 304 g/mol. The Bertz CT molecular complexity index is 627. The van der Waals surface area contributed by atoms with Gasteiger partial charge in [-0.3, -0.25) is 9.11 Å². The van der Waals surface area contributed by atoms with Crippen LogP contribution in [0.4, 0.5) is 4.39 Å². The molecule has 0 radical (unpaired) electrons. The molecule has 6 nitrogen and oxygen atoms in total. The van der Waals surface area contributed by atoms with Crippen LogP contribution in [-0.2, 0) is 26.7 Å². The predicted octanol–water partition coefficient (Wildman–Crippen LogP) is 1.33. The van der Waals surface area contributed by atoms with Crippen molar-refractivity contribution in [3.05, 3.63) is 11.4 Å². The summed E-state index contributed by atoms with van der Waals surface area (Å²) in [5.41, 5.74) is -0.423. The summed E-state index contributed by atoms with van der Waals surface area (Å²) in [7, 11) is -9.56.